The molecule has 39 heavy (non-hydrogen) atoms. The Hall–Kier alpha value is -4.02. The van der Waals surface area contributed by atoms with Crippen molar-refractivity contribution in [3.63, 3.8) is 0 Å². The molecule has 3 aromatic rings. The van der Waals surface area contributed by atoms with E-state index in [1.165, 1.54) is 4.57 Å². The van der Waals surface area contributed by atoms with Crippen LogP contribution in [0.2, 0.25) is 0 Å². The summed E-state index contributed by atoms with van der Waals surface area (Å²) < 4.78 is 41.7. The number of hydrogen-bond donors (Lipinski definition) is 1. The second kappa shape index (κ2) is 11.4. The van der Waals surface area contributed by atoms with Gasteiger partial charge < -0.3 is 14.8 Å². The van der Waals surface area contributed by atoms with Crippen LogP contribution >= 0.6 is 0 Å². The number of carbonyl (C=O) groups is 1. The number of fused-ring (bicyclic) bond motifs is 1. The predicted octanol–water partition coefficient (Wildman–Crippen LogP) is 4.53. The van der Waals surface area contributed by atoms with Gasteiger partial charge in [0.25, 0.3) is 0 Å². The van der Waals surface area contributed by atoms with Gasteiger partial charge in [-0.25, -0.2) is 0 Å². The quantitative estimate of drug-likeness (QED) is 0.469. The van der Waals surface area contributed by atoms with Crippen LogP contribution in [0.5, 0.6) is 0 Å². The van der Waals surface area contributed by atoms with E-state index in [0.29, 0.717) is 55.3 Å². The summed E-state index contributed by atoms with van der Waals surface area (Å²) in [5.41, 5.74) is 2.36. The highest BCUT2D eigenvalue weighted by molar-refractivity contribution is 5.86. The number of halogens is 3. The van der Waals surface area contributed by atoms with Gasteiger partial charge in [-0.05, 0) is 49.6 Å². The summed E-state index contributed by atoms with van der Waals surface area (Å²) in [5, 5.41) is 13.1. The summed E-state index contributed by atoms with van der Waals surface area (Å²) in [7, 11) is 0. The number of nitrogens with one attached hydrogen (secondary N) is 1. The van der Waals surface area contributed by atoms with Gasteiger partial charge in [0.1, 0.15) is 6.54 Å². The molecule has 1 aromatic carbocycles. The SMILES string of the molecule is CC(=O)N1CCN(Cc2cccc3c2cc(C#CCNc2ccc(C(C)(C)C#N)nc2)n3CC(F)(F)F)CC1. The van der Waals surface area contributed by atoms with Crippen LogP contribution in [-0.2, 0) is 23.3 Å². The summed E-state index contributed by atoms with van der Waals surface area (Å²) in [6, 6.07) is 12.9. The fourth-order valence-electron chi connectivity index (χ4n) is 4.61. The zero-order chi connectivity index (χ0) is 28.2. The number of rotatable bonds is 6. The number of benzene rings is 1. The summed E-state index contributed by atoms with van der Waals surface area (Å²) in [4.78, 5) is 20.0. The Morgan fingerprint density at radius 2 is 1.87 bits per heavy atom. The highest BCUT2D eigenvalue weighted by Crippen LogP contribution is 2.28. The summed E-state index contributed by atoms with van der Waals surface area (Å²) >= 11 is 0. The molecule has 1 N–H and O–H groups in total. The lowest BCUT2D eigenvalue weighted by Crippen LogP contribution is -2.47. The molecule has 10 heteroatoms. The number of hydrogen-bond acceptors (Lipinski definition) is 5. The summed E-state index contributed by atoms with van der Waals surface area (Å²) in [6.07, 6.45) is -2.79. The van der Waals surface area contributed by atoms with Crippen LogP contribution in [0.25, 0.3) is 10.9 Å². The molecule has 0 unspecified atom stereocenters. The minimum Gasteiger partial charge on any atom is -0.373 e. The van der Waals surface area contributed by atoms with E-state index >= 15 is 0 Å². The lowest BCUT2D eigenvalue weighted by Gasteiger charge is -2.34. The molecule has 1 amide bonds. The van der Waals surface area contributed by atoms with Crippen LogP contribution in [0.3, 0.4) is 0 Å². The Morgan fingerprint density at radius 3 is 2.49 bits per heavy atom. The van der Waals surface area contributed by atoms with Crippen LogP contribution in [0.1, 0.15) is 37.7 Å². The van der Waals surface area contributed by atoms with Crippen molar-refractivity contribution in [2.24, 2.45) is 0 Å². The summed E-state index contributed by atoms with van der Waals surface area (Å²) in [5.74, 6) is 5.90. The number of anilines is 1. The smallest absolute Gasteiger partial charge is 0.373 e. The van der Waals surface area contributed by atoms with Crippen molar-refractivity contribution in [3.05, 3.63) is 59.5 Å². The molecule has 0 bridgehead atoms. The molecule has 1 aliphatic heterocycles. The molecule has 2 aromatic heterocycles. The molecule has 1 aliphatic rings. The first kappa shape index (κ1) is 28.0. The molecule has 0 aliphatic carbocycles. The molecule has 3 heterocycles. The predicted molar refractivity (Wildman–Crippen MR) is 144 cm³/mol. The van der Waals surface area contributed by atoms with Gasteiger partial charge in [-0.2, -0.15) is 18.4 Å². The minimum absolute atomic E-state index is 0.0508. The zero-order valence-corrected chi connectivity index (χ0v) is 22.3. The van der Waals surface area contributed by atoms with Gasteiger partial charge in [0, 0.05) is 50.6 Å². The van der Waals surface area contributed by atoms with E-state index in [9.17, 15) is 23.2 Å². The van der Waals surface area contributed by atoms with Crippen LogP contribution in [0.4, 0.5) is 18.9 Å². The van der Waals surface area contributed by atoms with Gasteiger partial charge in [-0.1, -0.05) is 18.1 Å². The molecule has 0 radical (unpaired) electrons. The van der Waals surface area contributed by atoms with E-state index in [-0.39, 0.29) is 12.5 Å². The minimum atomic E-state index is -4.40. The van der Waals surface area contributed by atoms with Gasteiger partial charge in [0.05, 0.1) is 41.3 Å². The third-order valence-electron chi connectivity index (χ3n) is 6.87. The van der Waals surface area contributed by atoms with E-state index in [4.69, 9.17) is 0 Å². The number of alkyl halides is 3. The van der Waals surface area contributed by atoms with Crippen LogP contribution in [-0.4, -0.2) is 64.2 Å². The maximum Gasteiger partial charge on any atom is 0.406 e. The van der Waals surface area contributed by atoms with E-state index in [1.807, 2.05) is 6.07 Å². The molecule has 0 spiro atoms. The first-order valence-corrected chi connectivity index (χ1v) is 12.7. The number of nitriles is 1. The zero-order valence-electron chi connectivity index (χ0n) is 22.3. The molecule has 4 rings (SSSR count). The fraction of sp³-hybridized carbons (Fsp3) is 0.414. The Kier molecular flexibility index (Phi) is 8.17. The lowest BCUT2D eigenvalue weighted by molar-refractivity contribution is -0.140. The van der Waals surface area contributed by atoms with Gasteiger partial charge in [0.15, 0.2) is 0 Å². The number of nitrogens with zero attached hydrogens (tertiary/aromatic N) is 5. The number of piperazine rings is 1. The van der Waals surface area contributed by atoms with Crippen molar-refractivity contribution in [2.45, 2.75) is 45.5 Å². The number of pyridine rings is 1. The third kappa shape index (κ3) is 6.90. The fourth-order valence-corrected chi connectivity index (χ4v) is 4.61. The van der Waals surface area contributed by atoms with Crippen molar-refractivity contribution < 1.29 is 18.0 Å². The Morgan fingerprint density at radius 1 is 1.13 bits per heavy atom. The van der Waals surface area contributed by atoms with Gasteiger partial charge >= 0.3 is 6.18 Å². The molecule has 7 nitrogen and oxygen atoms in total. The molecule has 204 valence electrons. The van der Waals surface area contributed by atoms with Crippen LogP contribution in [0.15, 0.2) is 42.6 Å². The largest absolute Gasteiger partial charge is 0.406 e. The molecule has 1 fully saturated rings. The normalized spacial score (nSPS) is 14.5. The van der Waals surface area contributed by atoms with E-state index in [2.05, 4.69) is 33.1 Å². The second-order valence-electron chi connectivity index (χ2n) is 10.2. The standard InChI is InChI=1S/C29H31F3N6O/c1-21(39)37-14-12-36(13-15-37)18-22-6-4-8-26-25(22)16-24(38(26)20-29(30,31)32)7-5-11-34-23-9-10-27(35-17-23)28(2,3)19-33/h4,6,8-10,16-17,34H,11-15,18,20H2,1-3H3. The molecule has 0 atom stereocenters. The third-order valence-corrected chi connectivity index (χ3v) is 6.87. The molecular formula is C29H31F3N6O. The summed E-state index contributed by atoms with van der Waals surface area (Å²) in [6.45, 7) is 7.49. The monoisotopic (exact) mass is 536 g/mol. The van der Waals surface area contributed by atoms with Crippen molar-refractivity contribution in [3.8, 4) is 17.9 Å². The highest BCUT2D eigenvalue weighted by atomic mass is 19.4. The van der Waals surface area contributed by atoms with Gasteiger partial charge in [0.2, 0.25) is 5.91 Å². The number of carbonyl (C=O) groups excluding carboxylic acids is 1. The number of amides is 1. The van der Waals surface area contributed by atoms with E-state index in [0.717, 1.165) is 10.9 Å². The van der Waals surface area contributed by atoms with E-state index in [1.54, 1.807) is 62.2 Å². The van der Waals surface area contributed by atoms with Crippen molar-refractivity contribution in [2.75, 3.05) is 38.0 Å². The molecule has 0 saturated carbocycles. The van der Waals surface area contributed by atoms with Crippen LogP contribution < -0.4 is 5.32 Å². The average Bonchev–Trinajstić information content (AvgIpc) is 3.24. The van der Waals surface area contributed by atoms with Gasteiger partial charge in [-0.15, -0.1) is 0 Å². The van der Waals surface area contributed by atoms with E-state index < -0.39 is 18.1 Å². The van der Waals surface area contributed by atoms with Crippen molar-refractivity contribution in [1.29, 1.82) is 5.26 Å². The molecular weight excluding hydrogens is 505 g/mol. The lowest BCUT2D eigenvalue weighted by atomic mass is 9.91. The second-order valence-corrected chi connectivity index (χ2v) is 10.2. The maximum absolute atomic E-state index is 13.5. The first-order valence-electron chi connectivity index (χ1n) is 12.7. The first-order chi connectivity index (χ1) is 18.5. The Balaban J connectivity index is 1.53. The van der Waals surface area contributed by atoms with Crippen molar-refractivity contribution >= 4 is 22.5 Å². The average molecular weight is 537 g/mol. The maximum atomic E-state index is 13.5. The Bertz CT molecular complexity index is 1430. The van der Waals surface area contributed by atoms with Crippen LogP contribution in [0, 0.1) is 23.2 Å². The van der Waals surface area contributed by atoms with Gasteiger partial charge in [-0.3, -0.25) is 14.7 Å². The Labute approximate surface area is 226 Å². The molecule has 1 saturated heterocycles. The highest BCUT2D eigenvalue weighted by Gasteiger charge is 2.30. The number of aromatic nitrogens is 2. The topological polar surface area (TPSA) is 77.2 Å². The van der Waals surface area contributed by atoms with Crippen molar-refractivity contribution in [1.82, 2.24) is 19.4 Å².